The largest absolute Gasteiger partial charge is 0.496 e. The number of morpholine rings is 1. The molecular formula is C34H30F4N6O5. The van der Waals surface area contributed by atoms with Crippen molar-refractivity contribution >= 4 is 40.1 Å². The summed E-state index contributed by atoms with van der Waals surface area (Å²) in [4.78, 5) is 43.3. The van der Waals surface area contributed by atoms with Crippen molar-refractivity contribution < 1.29 is 41.4 Å². The molecule has 2 aromatic carbocycles. The third-order valence-electron chi connectivity index (χ3n) is 7.69. The van der Waals surface area contributed by atoms with Gasteiger partial charge >= 0.3 is 6.18 Å². The van der Waals surface area contributed by atoms with Gasteiger partial charge in [0.05, 0.1) is 48.0 Å². The minimum absolute atomic E-state index is 0.0109. The summed E-state index contributed by atoms with van der Waals surface area (Å²) in [5.41, 5.74) is 9.63. The number of fused-ring (bicyclic) bond motifs is 1. The maximum atomic E-state index is 13.3. The molecule has 3 heterocycles. The van der Waals surface area contributed by atoms with Crippen LogP contribution >= 0.6 is 0 Å². The Labute approximate surface area is 277 Å². The van der Waals surface area contributed by atoms with Crippen LogP contribution in [0.4, 0.5) is 29.1 Å². The second kappa shape index (κ2) is 14.1. The van der Waals surface area contributed by atoms with Crippen molar-refractivity contribution in [1.29, 1.82) is 0 Å². The number of halogens is 4. The number of nitrogens with zero attached hydrogens (tertiary/aromatic N) is 3. The first-order valence-electron chi connectivity index (χ1n) is 14.7. The number of nitrogens with two attached hydrogens (primary N) is 1. The van der Waals surface area contributed by atoms with Gasteiger partial charge in [0.15, 0.2) is 5.83 Å². The highest BCUT2D eigenvalue weighted by molar-refractivity contribution is 6.12. The van der Waals surface area contributed by atoms with Gasteiger partial charge in [0.2, 0.25) is 0 Å². The standard InChI is InChI=1S/C34H30F4N6O5/c1-19(35)32(46)42-23-8-4-20(5-9-23)29-27(21-6-10-24(25(16-21)48-3)33(47)41-18-34(36,37)38)28-30(43(29)2)22(17-40-31(28)39)7-11-26(45)44-12-14-49-15-13-44/h4-6,8-10,16-17H,1,12-15,18H2,2-3H3,(H2,39,40)(H,41,47)(H,42,46). The lowest BCUT2D eigenvalue weighted by molar-refractivity contribution is -0.129. The van der Waals surface area contributed by atoms with E-state index in [4.69, 9.17) is 15.2 Å². The Bertz CT molecular complexity index is 2020. The molecule has 1 fully saturated rings. The first-order valence-corrected chi connectivity index (χ1v) is 14.7. The average Bonchev–Trinajstić information content (AvgIpc) is 3.40. The van der Waals surface area contributed by atoms with Gasteiger partial charge in [-0.2, -0.15) is 13.2 Å². The fourth-order valence-electron chi connectivity index (χ4n) is 5.41. The Morgan fingerprint density at radius 2 is 1.78 bits per heavy atom. The second-order valence-corrected chi connectivity index (χ2v) is 10.9. The number of carbonyl (C=O) groups is 3. The molecule has 5 rings (SSSR count). The Hall–Kier alpha value is -5.88. The smallest absolute Gasteiger partial charge is 0.405 e. The van der Waals surface area contributed by atoms with Crippen molar-refractivity contribution in [1.82, 2.24) is 19.8 Å². The third kappa shape index (κ3) is 7.49. The van der Waals surface area contributed by atoms with E-state index in [0.29, 0.717) is 65.2 Å². The van der Waals surface area contributed by atoms with Crippen molar-refractivity contribution in [2.24, 2.45) is 7.05 Å². The van der Waals surface area contributed by atoms with E-state index >= 15 is 0 Å². The number of nitrogen functional groups attached to an aromatic ring is 1. The van der Waals surface area contributed by atoms with Gasteiger partial charge < -0.3 is 35.3 Å². The van der Waals surface area contributed by atoms with Crippen LogP contribution in [-0.4, -0.2) is 78.3 Å². The van der Waals surface area contributed by atoms with Crippen LogP contribution in [0, 0.1) is 11.8 Å². The van der Waals surface area contributed by atoms with Crippen molar-refractivity contribution in [3.8, 4) is 40.0 Å². The molecule has 0 spiro atoms. The number of hydrogen-bond acceptors (Lipinski definition) is 7. The monoisotopic (exact) mass is 678 g/mol. The fraction of sp³-hybridized carbons (Fsp3) is 0.235. The van der Waals surface area contributed by atoms with Crippen LogP contribution in [0.1, 0.15) is 15.9 Å². The summed E-state index contributed by atoms with van der Waals surface area (Å²) in [6, 6.07) is 10.8. The minimum atomic E-state index is -4.61. The summed E-state index contributed by atoms with van der Waals surface area (Å²) in [5, 5.41) is 4.67. The zero-order valence-corrected chi connectivity index (χ0v) is 26.3. The zero-order chi connectivity index (χ0) is 35.5. The number of amides is 3. The molecule has 1 saturated heterocycles. The van der Waals surface area contributed by atoms with Gasteiger partial charge in [-0.25, -0.2) is 9.37 Å². The molecule has 0 aliphatic carbocycles. The summed E-state index contributed by atoms with van der Waals surface area (Å²) in [6.07, 6.45) is -3.17. The molecule has 4 N–H and O–H groups in total. The summed E-state index contributed by atoms with van der Waals surface area (Å²) in [6.45, 7) is 3.09. The predicted octanol–water partition coefficient (Wildman–Crippen LogP) is 4.42. The number of ether oxygens (including phenoxy) is 2. The van der Waals surface area contributed by atoms with Gasteiger partial charge in [-0.1, -0.05) is 30.7 Å². The SMILES string of the molecule is C=C(F)C(=O)Nc1ccc(-c2c(-c3ccc(C(=O)NCC(F)(F)F)c(OC)c3)c3c(N)ncc(C#CC(=O)N4CCOCC4)c3n2C)cc1. The zero-order valence-electron chi connectivity index (χ0n) is 26.3. The van der Waals surface area contributed by atoms with Crippen LogP contribution in [-0.2, 0) is 21.4 Å². The van der Waals surface area contributed by atoms with Crippen LogP contribution in [0.5, 0.6) is 5.75 Å². The maximum absolute atomic E-state index is 13.3. The normalized spacial score (nSPS) is 13.0. The Balaban J connectivity index is 1.69. The summed E-state index contributed by atoms with van der Waals surface area (Å²) in [5.74, 6) is 2.16. The van der Waals surface area contributed by atoms with Crippen molar-refractivity contribution in [2.45, 2.75) is 6.18 Å². The summed E-state index contributed by atoms with van der Waals surface area (Å²) in [7, 11) is 3.02. The molecule has 0 atom stereocenters. The topological polar surface area (TPSA) is 141 Å². The number of aryl methyl sites for hydroxylation is 1. The van der Waals surface area contributed by atoms with E-state index in [1.807, 2.05) is 5.32 Å². The highest BCUT2D eigenvalue weighted by Gasteiger charge is 2.29. The highest BCUT2D eigenvalue weighted by atomic mass is 19.4. The van der Waals surface area contributed by atoms with Gasteiger partial charge in [-0.05, 0) is 35.4 Å². The first-order chi connectivity index (χ1) is 23.3. The Kier molecular flexibility index (Phi) is 9.90. The number of aromatic nitrogens is 2. The molecular weight excluding hydrogens is 648 g/mol. The molecule has 15 heteroatoms. The molecule has 4 aromatic rings. The van der Waals surface area contributed by atoms with E-state index in [9.17, 15) is 31.9 Å². The van der Waals surface area contributed by atoms with Crippen LogP contribution < -0.4 is 21.1 Å². The van der Waals surface area contributed by atoms with Gasteiger partial charge in [0.1, 0.15) is 18.1 Å². The molecule has 0 radical (unpaired) electrons. The number of nitrogens with one attached hydrogen (secondary N) is 2. The number of carbonyl (C=O) groups excluding carboxylic acids is 3. The minimum Gasteiger partial charge on any atom is -0.496 e. The molecule has 11 nitrogen and oxygen atoms in total. The quantitative estimate of drug-likeness (QED) is 0.149. The number of benzene rings is 2. The number of anilines is 2. The van der Waals surface area contributed by atoms with Crippen LogP contribution in [0.25, 0.3) is 33.3 Å². The molecule has 49 heavy (non-hydrogen) atoms. The number of hydrogen-bond donors (Lipinski definition) is 3. The third-order valence-corrected chi connectivity index (χ3v) is 7.69. The number of methoxy groups -OCH3 is 1. The Morgan fingerprint density at radius 3 is 2.41 bits per heavy atom. The van der Waals surface area contributed by atoms with E-state index < -0.39 is 30.4 Å². The number of pyridine rings is 1. The van der Waals surface area contributed by atoms with Crippen molar-refractivity contribution in [2.75, 3.05) is 51.0 Å². The summed E-state index contributed by atoms with van der Waals surface area (Å²) >= 11 is 0. The van der Waals surface area contributed by atoms with E-state index in [2.05, 4.69) is 28.7 Å². The molecule has 1 aliphatic rings. The highest BCUT2D eigenvalue weighted by Crippen LogP contribution is 2.44. The first kappa shape index (κ1) is 34.5. The van der Waals surface area contributed by atoms with E-state index in [0.717, 1.165) is 0 Å². The molecule has 0 saturated carbocycles. The van der Waals surface area contributed by atoms with Crippen LogP contribution in [0.3, 0.4) is 0 Å². The van der Waals surface area contributed by atoms with E-state index in [-0.39, 0.29) is 28.7 Å². The van der Waals surface area contributed by atoms with Gasteiger partial charge in [0, 0.05) is 43.5 Å². The second-order valence-electron chi connectivity index (χ2n) is 10.9. The molecule has 0 unspecified atom stereocenters. The van der Waals surface area contributed by atoms with Crippen LogP contribution in [0.2, 0.25) is 0 Å². The van der Waals surface area contributed by atoms with E-state index in [1.165, 1.54) is 31.5 Å². The van der Waals surface area contributed by atoms with Gasteiger partial charge in [-0.3, -0.25) is 14.4 Å². The molecule has 1 aliphatic heterocycles. The Morgan fingerprint density at radius 1 is 1.10 bits per heavy atom. The number of alkyl halides is 3. The van der Waals surface area contributed by atoms with Crippen molar-refractivity contribution in [3.05, 3.63) is 72.2 Å². The lowest BCUT2D eigenvalue weighted by Crippen LogP contribution is -2.40. The molecule has 254 valence electrons. The lowest BCUT2D eigenvalue weighted by Gasteiger charge is -2.24. The van der Waals surface area contributed by atoms with Gasteiger partial charge in [-0.15, -0.1) is 0 Å². The molecule has 3 amide bonds. The van der Waals surface area contributed by atoms with Gasteiger partial charge in [0.25, 0.3) is 17.7 Å². The summed E-state index contributed by atoms with van der Waals surface area (Å²) < 4.78 is 64.2. The van der Waals surface area contributed by atoms with Crippen molar-refractivity contribution in [3.63, 3.8) is 0 Å². The van der Waals surface area contributed by atoms with Crippen LogP contribution in [0.15, 0.2) is 61.1 Å². The predicted molar refractivity (Wildman–Crippen MR) is 174 cm³/mol. The maximum Gasteiger partial charge on any atom is 0.405 e. The lowest BCUT2D eigenvalue weighted by atomic mass is 9.96. The molecule has 0 bridgehead atoms. The molecule has 2 aromatic heterocycles. The number of rotatable bonds is 7. The fourth-order valence-corrected chi connectivity index (χ4v) is 5.41. The van der Waals surface area contributed by atoms with E-state index in [1.54, 1.807) is 40.8 Å². The average molecular weight is 679 g/mol.